The molecule has 9 nitrogen and oxygen atoms in total. The first-order chi connectivity index (χ1) is 17.9. The van der Waals surface area contributed by atoms with E-state index in [1.165, 1.54) is 18.7 Å². The molecule has 0 saturated carbocycles. The predicted molar refractivity (Wildman–Crippen MR) is 142 cm³/mol. The Balaban J connectivity index is 1.57. The normalized spacial score (nSPS) is 11.6. The van der Waals surface area contributed by atoms with E-state index in [2.05, 4.69) is 25.5 Å². The SMILES string of the molecule is COc1ccc(Oc2ccc(CNC(=O)[C@H](CCCCN(C)C)NC(=O)c3cncnc3)cc2)c(Cl)c1. The summed E-state index contributed by atoms with van der Waals surface area (Å²) in [6.07, 6.45) is 6.43. The number of unbranched alkanes of at least 4 members (excludes halogenated alkanes) is 1. The molecule has 196 valence electrons. The van der Waals surface area contributed by atoms with E-state index in [4.69, 9.17) is 21.1 Å². The first-order valence-electron chi connectivity index (χ1n) is 11.9. The van der Waals surface area contributed by atoms with Crippen LogP contribution >= 0.6 is 11.6 Å². The molecule has 1 aromatic heterocycles. The Morgan fingerprint density at radius 3 is 2.38 bits per heavy atom. The van der Waals surface area contributed by atoms with Crippen molar-refractivity contribution in [2.75, 3.05) is 27.7 Å². The lowest BCUT2D eigenvalue weighted by molar-refractivity contribution is -0.123. The number of aromatic nitrogens is 2. The fourth-order valence-corrected chi connectivity index (χ4v) is 3.72. The highest BCUT2D eigenvalue weighted by atomic mass is 35.5. The van der Waals surface area contributed by atoms with E-state index in [1.807, 2.05) is 26.2 Å². The van der Waals surface area contributed by atoms with Crippen LogP contribution in [0, 0.1) is 0 Å². The van der Waals surface area contributed by atoms with Crippen molar-refractivity contribution in [2.45, 2.75) is 31.8 Å². The lowest BCUT2D eigenvalue weighted by Crippen LogP contribution is -2.46. The average molecular weight is 526 g/mol. The molecule has 0 aliphatic carbocycles. The van der Waals surface area contributed by atoms with Crippen LogP contribution in [0.4, 0.5) is 0 Å². The maximum Gasteiger partial charge on any atom is 0.255 e. The number of carbonyl (C=O) groups is 2. The van der Waals surface area contributed by atoms with Crippen LogP contribution in [0.15, 0.2) is 61.2 Å². The standard InChI is InChI=1S/C27H32ClN5O4/c1-33(2)13-5-4-6-24(32-26(34)20-16-29-18-30-17-20)27(35)31-15-19-7-9-21(10-8-19)37-25-12-11-22(36-3)14-23(25)28/h7-12,14,16-18,24H,4-6,13,15H2,1-3H3,(H,31,35)(H,32,34)/t24-/m0/s1. The molecule has 0 bridgehead atoms. The Labute approximate surface area is 222 Å². The number of ether oxygens (including phenoxy) is 2. The summed E-state index contributed by atoms with van der Waals surface area (Å²) in [5.74, 6) is 1.14. The topological polar surface area (TPSA) is 106 Å². The number of benzene rings is 2. The molecule has 0 aliphatic heterocycles. The second-order valence-corrected chi connectivity index (χ2v) is 9.12. The third kappa shape index (κ3) is 9.04. The molecule has 1 atom stereocenters. The summed E-state index contributed by atoms with van der Waals surface area (Å²) in [5.41, 5.74) is 1.19. The van der Waals surface area contributed by atoms with E-state index in [-0.39, 0.29) is 11.8 Å². The number of hydrogen-bond donors (Lipinski definition) is 2. The van der Waals surface area contributed by atoms with Crippen molar-refractivity contribution in [1.82, 2.24) is 25.5 Å². The zero-order valence-electron chi connectivity index (χ0n) is 21.2. The van der Waals surface area contributed by atoms with Crippen LogP contribution in [0.3, 0.4) is 0 Å². The summed E-state index contributed by atoms with van der Waals surface area (Å²) in [4.78, 5) is 35.4. The van der Waals surface area contributed by atoms with E-state index in [0.717, 1.165) is 24.9 Å². The van der Waals surface area contributed by atoms with Crippen molar-refractivity contribution < 1.29 is 19.1 Å². The third-order valence-electron chi connectivity index (χ3n) is 5.55. The average Bonchev–Trinajstić information content (AvgIpc) is 2.91. The molecule has 0 unspecified atom stereocenters. The number of rotatable bonds is 13. The summed E-state index contributed by atoms with van der Waals surface area (Å²) < 4.78 is 11.0. The highest BCUT2D eigenvalue weighted by molar-refractivity contribution is 6.32. The molecule has 3 rings (SSSR count). The summed E-state index contributed by atoms with van der Waals surface area (Å²) in [6, 6.07) is 11.8. The highest BCUT2D eigenvalue weighted by Crippen LogP contribution is 2.32. The van der Waals surface area contributed by atoms with Crippen molar-refractivity contribution in [1.29, 1.82) is 0 Å². The Morgan fingerprint density at radius 1 is 1.03 bits per heavy atom. The van der Waals surface area contributed by atoms with Gasteiger partial charge in [0.05, 0.1) is 17.7 Å². The number of amides is 2. The minimum absolute atomic E-state index is 0.250. The fourth-order valence-electron chi connectivity index (χ4n) is 3.51. The van der Waals surface area contributed by atoms with Crippen molar-refractivity contribution in [3.8, 4) is 17.2 Å². The van der Waals surface area contributed by atoms with Gasteiger partial charge < -0.3 is 25.0 Å². The van der Waals surface area contributed by atoms with Crippen LogP contribution in [-0.2, 0) is 11.3 Å². The van der Waals surface area contributed by atoms with Gasteiger partial charge in [-0.15, -0.1) is 0 Å². The first kappa shape index (κ1) is 27.9. The van der Waals surface area contributed by atoms with Crippen LogP contribution in [0.2, 0.25) is 5.02 Å². The Kier molecular flexibility index (Phi) is 10.7. The molecule has 37 heavy (non-hydrogen) atoms. The van der Waals surface area contributed by atoms with Crippen molar-refractivity contribution in [3.05, 3.63) is 77.3 Å². The molecule has 3 aromatic rings. The lowest BCUT2D eigenvalue weighted by atomic mass is 10.1. The Morgan fingerprint density at radius 2 is 1.73 bits per heavy atom. The van der Waals surface area contributed by atoms with Gasteiger partial charge in [0, 0.05) is 25.0 Å². The summed E-state index contributed by atoms with van der Waals surface area (Å²) in [5, 5.41) is 6.19. The minimum Gasteiger partial charge on any atom is -0.497 e. The summed E-state index contributed by atoms with van der Waals surface area (Å²) >= 11 is 6.25. The molecule has 0 spiro atoms. The molecule has 10 heteroatoms. The van der Waals surface area contributed by atoms with Crippen LogP contribution in [0.25, 0.3) is 0 Å². The van der Waals surface area contributed by atoms with Crippen LogP contribution in [0.1, 0.15) is 35.2 Å². The monoisotopic (exact) mass is 525 g/mol. The number of nitrogens with one attached hydrogen (secondary N) is 2. The fraction of sp³-hybridized carbons (Fsp3) is 0.333. The molecule has 2 N–H and O–H groups in total. The molecule has 0 fully saturated rings. The smallest absolute Gasteiger partial charge is 0.255 e. The summed E-state index contributed by atoms with van der Waals surface area (Å²) in [6.45, 7) is 1.21. The van der Waals surface area contributed by atoms with Gasteiger partial charge in [0.1, 0.15) is 29.6 Å². The molecule has 0 aliphatic rings. The maximum absolute atomic E-state index is 13.0. The van der Waals surface area contributed by atoms with Crippen LogP contribution in [-0.4, -0.2) is 60.5 Å². The molecule has 0 saturated heterocycles. The van der Waals surface area contributed by atoms with Gasteiger partial charge in [-0.2, -0.15) is 0 Å². The van der Waals surface area contributed by atoms with E-state index in [0.29, 0.717) is 40.8 Å². The Hall–Kier alpha value is -3.69. The van der Waals surface area contributed by atoms with E-state index in [1.54, 1.807) is 37.4 Å². The van der Waals surface area contributed by atoms with E-state index < -0.39 is 6.04 Å². The van der Waals surface area contributed by atoms with Crippen molar-refractivity contribution in [3.63, 3.8) is 0 Å². The second-order valence-electron chi connectivity index (χ2n) is 8.71. The minimum atomic E-state index is -0.672. The van der Waals surface area contributed by atoms with Gasteiger partial charge in [-0.25, -0.2) is 9.97 Å². The number of nitrogens with zero attached hydrogens (tertiary/aromatic N) is 3. The molecule has 0 radical (unpaired) electrons. The van der Waals surface area contributed by atoms with Crippen molar-refractivity contribution >= 4 is 23.4 Å². The van der Waals surface area contributed by atoms with Gasteiger partial charge in [0.2, 0.25) is 5.91 Å². The largest absolute Gasteiger partial charge is 0.497 e. The molecule has 1 heterocycles. The number of methoxy groups -OCH3 is 1. The molecule has 2 aromatic carbocycles. The zero-order valence-corrected chi connectivity index (χ0v) is 22.0. The molecule has 2 amide bonds. The van der Waals surface area contributed by atoms with Gasteiger partial charge in [0.25, 0.3) is 5.91 Å². The number of carbonyl (C=O) groups excluding carboxylic acids is 2. The molecular formula is C27H32ClN5O4. The maximum atomic E-state index is 13.0. The number of hydrogen-bond acceptors (Lipinski definition) is 7. The Bertz CT molecular complexity index is 1160. The quantitative estimate of drug-likeness (QED) is 0.324. The predicted octanol–water partition coefficient (Wildman–Crippen LogP) is 4.08. The highest BCUT2D eigenvalue weighted by Gasteiger charge is 2.21. The lowest BCUT2D eigenvalue weighted by Gasteiger charge is -2.19. The zero-order chi connectivity index (χ0) is 26.6. The van der Waals surface area contributed by atoms with Gasteiger partial charge in [0.15, 0.2) is 0 Å². The van der Waals surface area contributed by atoms with Gasteiger partial charge in [-0.3, -0.25) is 9.59 Å². The molecular weight excluding hydrogens is 494 g/mol. The first-order valence-corrected chi connectivity index (χ1v) is 12.3. The third-order valence-corrected chi connectivity index (χ3v) is 5.85. The van der Waals surface area contributed by atoms with Crippen LogP contribution in [0.5, 0.6) is 17.2 Å². The van der Waals surface area contributed by atoms with E-state index in [9.17, 15) is 9.59 Å². The van der Waals surface area contributed by atoms with Crippen molar-refractivity contribution in [2.24, 2.45) is 0 Å². The second kappa shape index (κ2) is 14.2. The van der Waals surface area contributed by atoms with E-state index >= 15 is 0 Å². The van der Waals surface area contributed by atoms with Crippen LogP contribution < -0.4 is 20.1 Å². The van der Waals surface area contributed by atoms with Gasteiger partial charge in [-0.1, -0.05) is 23.7 Å². The van der Waals surface area contributed by atoms with Gasteiger partial charge >= 0.3 is 0 Å². The summed E-state index contributed by atoms with van der Waals surface area (Å²) in [7, 11) is 5.58. The number of halogens is 1. The van der Waals surface area contributed by atoms with Gasteiger partial charge in [-0.05, 0) is 69.7 Å².